The van der Waals surface area contributed by atoms with Crippen LogP contribution in [0, 0.1) is 0 Å². The molecule has 142 valence electrons. The molecule has 5 nitrogen and oxygen atoms in total. The summed E-state index contributed by atoms with van der Waals surface area (Å²) in [5.74, 6) is -0.543. The van der Waals surface area contributed by atoms with E-state index in [0.29, 0.717) is 10.7 Å². The minimum Gasteiger partial charge on any atom is -0.496 e. The number of carboxylic acids is 1. The van der Waals surface area contributed by atoms with Crippen molar-refractivity contribution in [3.05, 3.63) is 58.1 Å². The van der Waals surface area contributed by atoms with Crippen molar-refractivity contribution in [2.24, 2.45) is 0 Å². The molecule has 7 heteroatoms. The Bertz CT molecular complexity index is 886. The first-order chi connectivity index (χ1) is 12.9. The van der Waals surface area contributed by atoms with E-state index in [1.54, 1.807) is 19.2 Å². The number of ether oxygens (including phenoxy) is 1. The van der Waals surface area contributed by atoms with Crippen molar-refractivity contribution in [1.82, 2.24) is 0 Å². The number of anilines is 1. The van der Waals surface area contributed by atoms with Gasteiger partial charge in [-0.15, -0.1) is 11.8 Å². The number of halogens is 1. The van der Waals surface area contributed by atoms with E-state index in [2.05, 4.69) is 5.32 Å². The Balaban J connectivity index is 2.18. The average molecular weight is 406 g/mol. The predicted octanol–water partition coefficient (Wildman–Crippen LogP) is 4.53. The van der Waals surface area contributed by atoms with E-state index in [9.17, 15) is 14.7 Å². The van der Waals surface area contributed by atoms with E-state index in [0.717, 1.165) is 28.9 Å². The number of hydrogen-bond donors (Lipinski definition) is 2. The average Bonchev–Trinajstić information content (AvgIpc) is 2.77. The summed E-state index contributed by atoms with van der Waals surface area (Å²) in [7, 11) is 1.63. The molecule has 3 rings (SSSR count). The lowest BCUT2D eigenvalue weighted by Gasteiger charge is -2.23. The Morgan fingerprint density at radius 2 is 2.07 bits per heavy atom. The highest BCUT2D eigenvalue weighted by molar-refractivity contribution is 8.01. The standard InChI is InChI=1S/C20H20ClNO4S/c1-3-12-13(5-4-6-16(12)26-2)19-14-9-11(21)7-8-15(14)22-20(25)17(27-19)10-18(23)24/h4-9,17,19H,3,10H2,1-2H3,(H,22,25)(H,23,24)/t17-,19-/m0/s1. The first-order valence-corrected chi connectivity index (χ1v) is 9.90. The van der Waals surface area contributed by atoms with Gasteiger partial charge in [-0.3, -0.25) is 9.59 Å². The Kier molecular flexibility index (Phi) is 5.97. The van der Waals surface area contributed by atoms with Gasteiger partial charge in [0.2, 0.25) is 5.91 Å². The molecule has 1 aliphatic rings. The first kappa shape index (κ1) is 19.6. The van der Waals surface area contributed by atoms with Crippen molar-refractivity contribution in [2.75, 3.05) is 12.4 Å². The molecule has 2 aromatic rings. The lowest BCUT2D eigenvalue weighted by atomic mass is 9.96. The lowest BCUT2D eigenvalue weighted by molar-refractivity contribution is -0.138. The molecule has 1 heterocycles. The molecule has 0 spiro atoms. The van der Waals surface area contributed by atoms with E-state index >= 15 is 0 Å². The maximum absolute atomic E-state index is 12.6. The van der Waals surface area contributed by atoms with Crippen molar-refractivity contribution >= 4 is 40.9 Å². The maximum Gasteiger partial charge on any atom is 0.305 e. The van der Waals surface area contributed by atoms with Crippen LogP contribution in [0.2, 0.25) is 5.02 Å². The number of benzene rings is 2. The van der Waals surface area contributed by atoms with Crippen LogP contribution in [0.4, 0.5) is 5.69 Å². The van der Waals surface area contributed by atoms with E-state index in [1.807, 2.05) is 31.2 Å². The number of amides is 1. The molecule has 1 amide bonds. The van der Waals surface area contributed by atoms with Gasteiger partial charge in [-0.2, -0.15) is 0 Å². The Hall–Kier alpha value is -2.18. The number of carbonyl (C=O) groups is 2. The fourth-order valence-electron chi connectivity index (χ4n) is 3.32. The van der Waals surface area contributed by atoms with Crippen LogP contribution in [-0.4, -0.2) is 29.3 Å². The van der Waals surface area contributed by atoms with Gasteiger partial charge in [0.25, 0.3) is 0 Å². The second kappa shape index (κ2) is 8.23. The molecule has 0 saturated heterocycles. The van der Waals surface area contributed by atoms with Gasteiger partial charge in [-0.05, 0) is 47.4 Å². The molecular weight excluding hydrogens is 386 g/mol. The summed E-state index contributed by atoms with van der Waals surface area (Å²) in [6.45, 7) is 2.04. The monoisotopic (exact) mass is 405 g/mol. The van der Waals surface area contributed by atoms with E-state index in [4.69, 9.17) is 16.3 Å². The van der Waals surface area contributed by atoms with Gasteiger partial charge in [-0.25, -0.2) is 0 Å². The molecule has 0 radical (unpaired) electrons. The number of aliphatic carboxylic acids is 1. The van der Waals surface area contributed by atoms with Crippen LogP contribution in [0.5, 0.6) is 5.75 Å². The molecule has 0 aromatic heterocycles. The zero-order valence-corrected chi connectivity index (χ0v) is 16.6. The SMILES string of the molecule is CCc1c(OC)cccc1[C@@H]1S[C@@H](CC(=O)O)C(=O)Nc2ccc(Cl)cc21. The summed E-state index contributed by atoms with van der Waals surface area (Å²) in [5, 5.41) is 11.7. The van der Waals surface area contributed by atoms with Crippen molar-refractivity contribution < 1.29 is 19.4 Å². The van der Waals surface area contributed by atoms with Crippen molar-refractivity contribution in [3.63, 3.8) is 0 Å². The van der Waals surface area contributed by atoms with Gasteiger partial charge in [0.05, 0.1) is 24.0 Å². The van der Waals surface area contributed by atoms with Crippen molar-refractivity contribution in [1.29, 1.82) is 0 Å². The van der Waals surface area contributed by atoms with E-state index < -0.39 is 11.2 Å². The minimum atomic E-state index is -1.01. The van der Waals surface area contributed by atoms with Crippen LogP contribution < -0.4 is 10.1 Å². The van der Waals surface area contributed by atoms with Crippen molar-refractivity contribution in [2.45, 2.75) is 30.3 Å². The number of thioether (sulfide) groups is 1. The van der Waals surface area contributed by atoms with Gasteiger partial charge in [-0.1, -0.05) is 30.7 Å². The highest BCUT2D eigenvalue weighted by atomic mass is 35.5. The maximum atomic E-state index is 12.6. The topological polar surface area (TPSA) is 75.6 Å². The number of hydrogen-bond acceptors (Lipinski definition) is 4. The summed E-state index contributed by atoms with van der Waals surface area (Å²) in [6.07, 6.45) is 0.497. The summed E-state index contributed by atoms with van der Waals surface area (Å²) in [4.78, 5) is 23.9. The highest BCUT2D eigenvalue weighted by Gasteiger charge is 2.34. The first-order valence-electron chi connectivity index (χ1n) is 8.58. The van der Waals surface area contributed by atoms with Crippen LogP contribution in [0.3, 0.4) is 0 Å². The van der Waals surface area contributed by atoms with Gasteiger partial charge in [0.1, 0.15) is 5.75 Å². The summed E-state index contributed by atoms with van der Waals surface area (Å²) in [5.41, 5.74) is 3.54. The Morgan fingerprint density at radius 1 is 1.30 bits per heavy atom. The third kappa shape index (κ3) is 4.06. The molecule has 1 aliphatic heterocycles. The van der Waals surface area contributed by atoms with Crippen molar-refractivity contribution in [3.8, 4) is 5.75 Å². The minimum absolute atomic E-state index is 0.243. The highest BCUT2D eigenvalue weighted by Crippen LogP contribution is 2.47. The van der Waals surface area contributed by atoms with E-state index in [1.165, 1.54) is 11.8 Å². The number of nitrogens with one attached hydrogen (secondary N) is 1. The number of carbonyl (C=O) groups excluding carboxylic acids is 1. The number of fused-ring (bicyclic) bond motifs is 1. The second-order valence-electron chi connectivity index (χ2n) is 6.21. The molecule has 2 N–H and O–H groups in total. The molecule has 27 heavy (non-hydrogen) atoms. The molecule has 0 aliphatic carbocycles. The van der Waals surface area contributed by atoms with Gasteiger partial charge < -0.3 is 15.2 Å². The molecular formula is C20H20ClNO4S. The third-order valence-electron chi connectivity index (χ3n) is 4.53. The van der Waals surface area contributed by atoms with Crippen LogP contribution >= 0.6 is 23.4 Å². The normalized spacial score (nSPS) is 19.0. The number of carboxylic acid groups (broad SMARTS) is 1. The van der Waals surface area contributed by atoms with Crippen LogP contribution in [0.25, 0.3) is 0 Å². The zero-order chi connectivity index (χ0) is 19.6. The molecule has 2 atom stereocenters. The van der Waals surface area contributed by atoms with Gasteiger partial charge in [0, 0.05) is 10.7 Å². The third-order valence-corrected chi connectivity index (χ3v) is 6.26. The number of rotatable bonds is 5. The van der Waals surface area contributed by atoms with E-state index in [-0.39, 0.29) is 17.6 Å². The molecule has 0 saturated carbocycles. The summed E-state index contributed by atoms with van der Waals surface area (Å²) in [6, 6.07) is 11.1. The smallest absolute Gasteiger partial charge is 0.305 e. The predicted molar refractivity (Wildman–Crippen MR) is 108 cm³/mol. The molecule has 0 bridgehead atoms. The second-order valence-corrected chi connectivity index (χ2v) is 7.95. The summed E-state index contributed by atoms with van der Waals surface area (Å²) >= 11 is 7.57. The number of methoxy groups -OCH3 is 1. The van der Waals surface area contributed by atoms with Gasteiger partial charge >= 0.3 is 5.97 Å². The largest absolute Gasteiger partial charge is 0.496 e. The quantitative estimate of drug-likeness (QED) is 0.764. The molecule has 0 unspecified atom stereocenters. The Labute approximate surface area is 167 Å². The fourth-order valence-corrected chi connectivity index (χ4v) is 4.95. The van der Waals surface area contributed by atoms with Gasteiger partial charge in [0.15, 0.2) is 0 Å². The van der Waals surface area contributed by atoms with Crippen LogP contribution in [0.15, 0.2) is 36.4 Å². The van der Waals surface area contributed by atoms with Crippen LogP contribution in [0.1, 0.15) is 35.3 Å². The lowest BCUT2D eigenvalue weighted by Crippen LogP contribution is -2.26. The van der Waals surface area contributed by atoms with Crippen LogP contribution in [-0.2, 0) is 16.0 Å². The molecule has 2 aromatic carbocycles. The fraction of sp³-hybridized carbons (Fsp3) is 0.300. The summed E-state index contributed by atoms with van der Waals surface area (Å²) < 4.78 is 5.51. The Morgan fingerprint density at radius 3 is 2.74 bits per heavy atom. The molecule has 0 fully saturated rings. The zero-order valence-electron chi connectivity index (χ0n) is 15.0.